The second-order valence-electron chi connectivity index (χ2n) is 6.31. The summed E-state index contributed by atoms with van der Waals surface area (Å²) in [7, 11) is -4.13. The van der Waals surface area contributed by atoms with Crippen LogP contribution in [-0.2, 0) is 10.0 Å². The van der Waals surface area contributed by atoms with Crippen molar-refractivity contribution in [2.75, 3.05) is 4.72 Å². The van der Waals surface area contributed by atoms with Crippen LogP contribution in [0, 0.1) is 10.1 Å². The number of anilines is 1. The highest BCUT2D eigenvalue weighted by Crippen LogP contribution is 2.31. The molecular formula is C19H13ClN4O5S. The van der Waals surface area contributed by atoms with E-state index in [0.717, 1.165) is 18.2 Å². The number of sulfonamides is 1. The first kappa shape index (κ1) is 19.7. The number of hydrogen-bond acceptors (Lipinski definition) is 6. The SMILES string of the molecule is O=[N+]([O-])c1cc(S(=O)(=O)Nc2ccc3nc(-c4ccccc4Cl)[nH]c3c2)ccc1O. The number of rotatable bonds is 5. The van der Waals surface area contributed by atoms with Gasteiger partial charge in [-0.25, -0.2) is 13.4 Å². The minimum absolute atomic E-state index is 0.229. The second-order valence-corrected chi connectivity index (χ2v) is 8.40. The Morgan fingerprint density at radius 1 is 1.10 bits per heavy atom. The molecule has 0 radical (unpaired) electrons. The number of hydrogen-bond donors (Lipinski definition) is 3. The third-order valence-corrected chi connectivity index (χ3v) is 6.03. The minimum Gasteiger partial charge on any atom is -0.502 e. The number of imidazole rings is 1. The number of nitrogens with one attached hydrogen (secondary N) is 2. The van der Waals surface area contributed by atoms with Gasteiger partial charge in [0.1, 0.15) is 5.82 Å². The largest absolute Gasteiger partial charge is 0.502 e. The van der Waals surface area contributed by atoms with E-state index >= 15 is 0 Å². The second kappa shape index (κ2) is 7.32. The molecule has 3 aromatic carbocycles. The van der Waals surface area contributed by atoms with Gasteiger partial charge in [0.15, 0.2) is 5.75 Å². The number of nitro groups is 1. The number of fused-ring (bicyclic) bond motifs is 1. The highest BCUT2D eigenvalue weighted by atomic mass is 35.5. The zero-order chi connectivity index (χ0) is 21.5. The molecule has 1 heterocycles. The van der Waals surface area contributed by atoms with Gasteiger partial charge in [-0.15, -0.1) is 0 Å². The quantitative estimate of drug-likeness (QED) is 0.310. The number of benzene rings is 3. The van der Waals surface area contributed by atoms with Gasteiger partial charge in [0.05, 0.1) is 31.6 Å². The lowest BCUT2D eigenvalue weighted by Crippen LogP contribution is -2.13. The summed E-state index contributed by atoms with van der Waals surface area (Å²) in [4.78, 5) is 17.3. The fourth-order valence-corrected chi connectivity index (χ4v) is 4.18. The number of nitrogens with zero attached hydrogens (tertiary/aromatic N) is 2. The zero-order valence-corrected chi connectivity index (χ0v) is 16.6. The van der Waals surface area contributed by atoms with Crippen molar-refractivity contribution in [1.29, 1.82) is 0 Å². The first-order valence-electron chi connectivity index (χ1n) is 8.49. The molecule has 0 bridgehead atoms. The average molecular weight is 445 g/mol. The van der Waals surface area contributed by atoms with E-state index < -0.39 is 26.4 Å². The smallest absolute Gasteiger partial charge is 0.312 e. The van der Waals surface area contributed by atoms with E-state index in [2.05, 4.69) is 14.7 Å². The number of phenols is 1. The molecule has 0 aliphatic carbocycles. The Kier molecular flexibility index (Phi) is 4.80. The van der Waals surface area contributed by atoms with Crippen LogP contribution >= 0.6 is 11.6 Å². The molecular weight excluding hydrogens is 432 g/mol. The van der Waals surface area contributed by atoms with E-state index in [0.29, 0.717) is 27.4 Å². The van der Waals surface area contributed by atoms with Crippen LogP contribution in [0.15, 0.2) is 65.6 Å². The molecule has 0 spiro atoms. The molecule has 30 heavy (non-hydrogen) atoms. The van der Waals surface area contributed by atoms with Crippen molar-refractivity contribution >= 4 is 44.0 Å². The lowest BCUT2D eigenvalue weighted by atomic mass is 10.2. The third kappa shape index (κ3) is 3.65. The molecule has 4 aromatic rings. The van der Waals surface area contributed by atoms with Gasteiger partial charge in [-0.05, 0) is 42.5 Å². The van der Waals surface area contributed by atoms with E-state index in [1.165, 1.54) is 6.07 Å². The number of halogens is 1. The van der Waals surface area contributed by atoms with E-state index in [9.17, 15) is 23.6 Å². The van der Waals surface area contributed by atoms with Crippen LogP contribution in [0.1, 0.15) is 0 Å². The summed E-state index contributed by atoms with van der Waals surface area (Å²) in [5.41, 5.74) is 1.41. The fourth-order valence-electron chi connectivity index (χ4n) is 2.88. The lowest BCUT2D eigenvalue weighted by Gasteiger charge is -2.08. The number of H-pyrrole nitrogens is 1. The van der Waals surface area contributed by atoms with Crippen molar-refractivity contribution in [1.82, 2.24) is 9.97 Å². The van der Waals surface area contributed by atoms with Crippen LogP contribution in [0.5, 0.6) is 5.75 Å². The fraction of sp³-hybridized carbons (Fsp3) is 0. The minimum atomic E-state index is -4.13. The van der Waals surface area contributed by atoms with Crippen molar-refractivity contribution in [3.8, 4) is 17.1 Å². The molecule has 0 unspecified atom stereocenters. The molecule has 9 nitrogen and oxygen atoms in total. The lowest BCUT2D eigenvalue weighted by molar-refractivity contribution is -0.386. The number of aromatic nitrogens is 2. The summed E-state index contributed by atoms with van der Waals surface area (Å²) in [6, 6.07) is 14.7. The molecule has 0 aliphatic heterocycles. The zero-order valence-electron chi connectivity index (χ0n) is 15.0. The maximum Gasteiger partial charge on any atom is 0.312 e. The van der Waals surface area contributed by atoms with Gasteiger partial charge in [0.2, 0.25) is 0 Å². The molecule has 0 atom stereocenters. The summed E-state index contributed by atoms with van der Waals surface area (Å²) in [6.07, 6.45) is 0. The standard InChI is InChI=1S/C19H13ClN4O5S/c20-14-4-2-1-3-13(14)19-21-15-7-5-11(9-16(15)22-19)23-30(28,29)12-6-8-18(25)17(10-12)24(26)27/h1-10,23,25H,(H,21,22). The third-order valence-electron chi connectivity index (χ3n) is 4.32. The van der Waals surface area contributed by atoms with Crippen molar-refractivity contribution in [2.45, 2.75) is 4.90 Å². The molecule has 0 saturated heterocycles. The van der Waals surface area contributed by atoms with E-state index in [1.807, 2.05) is 6.07 Å². The van der Waals surface area contributed by atoms with Crippen LogP contribution in [0.25, 0.3) is 22.4 Å². The van der Waals surface area contributed by atoms with Crippen molar-refractivity contribution in [2.24, 2.45) is 0 Å². The molecule has 4 rings (SSSR count). The predicted octanol–water partition coefficient (Wildman–Crippen LogP) is 4.30. The van der Waals surface area contributed by atoms with Crippen LogP contribution in [0.2, 0.25) is 5.02 Å². The highest BCUT2D eigenvalue weighted by molar-refractivity contribution is 7.92. The topological polar surface area (TPSA) is 138 Å². The van der Waals surface area contributed by atoms with Crippen LogP contribution in [-0.4, -0.2) is 28.4 Å². The van der Waals surface area contributed by atoms with Gasteiger partial charge >= 0.3 is 5.69 Å². The van der Waals surface area contributed by atoms with Crippen LogP contribution in [0.3, 0.4) is 0 Å². The van der Waals surface area contributed by atoms with Gasteiger partial charge in [-0.2, -0.15) is 0 Å². The summed E-state index contributed by atoms with van der Waals surface area (Å²) in [5.74, 6) is -0.0882. The van der Waals surface area contributed by atoms with Gasteiger partial charge < -0.3 is 10.1 Å². The average Bonchev–Trinajstić information content (AvgIpc) is 3.11. The van der Waals surface area contributed by atoms with Crippen LogP contribution < -0.4 is 4.72 Å². The summed E-state index contributed by atoms with van der Waals surface area (Å²) in [6.45, 7) is 0. The Balaban J connectivity index is 1.68. The molecule has 0 saturated carbocycles. The molecule has 152 valence electrons. The van der Waals surface area contributed by atoms with Gasteiger partial charge in [0.25, 0.3) is 10.0 Å². The van der Waals surface area contributed by atoms with Crippen molar-refractivity contribution in [3.05, 3.63) is 75.8 Å². The normalized spacial score (nSPS) is 11.5. The van der Waals surface area contributed by atoms with E-state index in [-0.39, 0.29) is 10.6 Å². The van der Waals surface area contributed by atoms with Gasteiger partial charge in [-0.3, -0.25) is 14.8 Å². The molecule has 11 heteroatoms. The van der Waals surface area contributed by atoms with E-state index in [4.69, 9.17) is 11.6 Å². The Bertz CT molecular complexity index is 1400. The Labute approximate surface area is 175 Å². The maximum atomic E-state index is 12.6. The van der Waals surface area contributed by atoms with E-state index in [1.54, 1.807) is 30.3 Å². The first-order valence-corrected chi connectivity index (χ1v) is 10.4. The van der Waals surface area contributed by atoms with Crippen LogP contribution in [0.4, 0.5) is 11.4 Å². The summed E-state index contributed by atoms with van der Waals surface area (Å²) >= 11 is 6.20. The number of aromatic amines is 1. The highest BCUT2D eigenvalue weighted by Gasteiger charge is 2.21. The maximum absolute atomic E-state index is 12.6. The molecule has 0 aliphatic rings. The summed E-state index contributed by atoms with van der Waals surface area (Å²) in [5, 5.41) is 21.0. The first-order chi connectivity index (χ1) is 14.2. The number of phenolic OH excluding ortho intramolecular Hbond substituents is 1. The predicted molar refractivity (Wildman–Crippen MR) is 112 cm³/mol. The Hall–Kier alpha value is -3.63. The molecule has 0 fully saturated rings. The number of aromatic hydroxyl groups is 1. The van der Waals surface area contributed by atoms with Crippen molar-refractivity contribution in [3.63, 3.8) is 0 Å². The monoisotopic (exact) mass is 444 g/mol. The summed E-state index contributed by atoms with van der Waals surface area (Å²) < 4.78 is 27.6. The molecule has 3 N–H and O–H groups in total. The Morgan fingerprint density at radius 2 is 1.87 bits per heavy atom. The Morgan fingerprint density at radius 3 is 2.60 bits per heavy atom. The molecule has 0 amide bonds. The number of nitro benzene ring substituents is 1. The van der Waals surface area contributed by atoms with Gasteiger partial charge in [-0.1, -0.05) is 23.7 Å². The van der Waals surface area contributed by atoms with Gasteiger partial charge in [0, 0.05) is 11.6 Å². The molecule has 1 aromatic heterocycles. The van der Waals surface area contributed by atoms with Crippen molar-refractivity contribution < 1.29 is 18.4 Å².